The molecule has 2 atom stereocenters. The molecule has 0 saturated heterocycles. The summed E-state index contributed by atoms with van der Waals surface area (Å²) in [5.41, 5.74) is 2.94. The number of hydrogen-bond acceptors (Lipinski definition) is 3. The summed E-state index contributed by atoms with van der Waals surface area (Å²) in [7, 11) is 1.71. The van der Waals surface area contributed by atoms with Crippen LogP contribution in [-0.4, -0.2) is 28.3 Å². The van der Waals surface area contributed by atoms with Crippen LogP contribution in [0.4, 0.5) is 0 Å². The van der Waals surface area contributed by atoms with Gasteiger partial charge in [0, 0.05) is 13.3 Å². The molecule has 2 rings (SSSR count). The minimum absolute atomic E-state index is 0.153. The van der Waals surface area contributed by atoms with Crippen molar-refractivity contribution in [2.45, 2.75) is 38.6 Å². The topological polar surface area (TPSA) is 39.9 Å². The molecule has 2 aromatic rings. The SMILES string of the molecule is CCC(COC)n1c(C(C)Cl)nc2c(C)ccnc21. The molecule has 104 valence electrons. The van der Waals surface area contributed by atoms with E-state index in [4.69, 9.17) is 16.3 Å². The lowest BCUT2D eigenvalue weighted by Crippen LogP contribution is -2.17. The Morgan fingerprint density at radius 2 is 2.21 bits per heavy atom. The summed E-state index contributed by atoms with van der Waals surface area (Å²) in [5.74, 6) is 0.863. The number of alkyl halides is 1. The van der Waals surface area contributed by atoms with E-state index in [0.717, 1.165) is 29.0 Å². The van der Waals surface area contributed by atoms with Crippen molar-refractivity contribution in [1.29, 1.82) is 0 Å². The summed E-state index contributed by atoms with van der Waals surface area (Å²) in [4.78, 5) is 9.16. The highest BCUT2D eigenvalue weighted by Crippen LogP contribution is 2.29. The molecule has 2 heterocycles. The van der Waals surface area contributed by atoms with Crippen LogP contribution in [0.2, 0.25) is 0 Å². The number of rotatable bonds is 5. The van der Waals surface area contributed by atoms with Gasteiger partial charge in [-0.15, -0.1) is 11.6 Å². The number of aromatic nitrogens is 3. The predicted molar refractivity (Wildman–Crippen MR) is 77.7 cm³/mol. The molecule has 2 unspecified atom stereocenters. The van der Waals surface area contributed by atoms with Gasteiger partial charge in [0.2, 0.25) is 0 Å². The Kier molecular flexibility index (Phi) is 4.42. The highest BCUT2D eigenvalue weighted by molar-refractivity contribution is 6.20. The van der Waals surface area contributed by atoms with Crippen LogP contribution < -0.4 is 0 Å². The first kappa shape index (κ1) is 14.3. The smallest absolute Gasteiger partial charge is 0.160 e. The molecule has 0 N–H and O–H groups in total. The zero-order valence-corrected chi connectivity index (χ0v) is 12.6. The van der Waals surface area contributed by atoms with Gasteiger partial charge in [0.25, 0.3) is 0 Å². The van der Waals surface area contributed by atoms with E-state index in [-0.39, 0.29) is 11.4 Å². The van der Waals surface area contributed by atoms with Crippen molar-refractivity contribution in [3.05, 3.63) is 23.7 Å². The second kappa shape index (κ2) is 5.88. The van der Waals surface area contributed by atoms with E-state index in [1.165, 1.54) is 0 Å². The molecule has 19 heavy (non-hydrogen) atoms. The fraction of sp³-hybridized carbons (Fsp3) is 0.571. The summed E-state index contributed by atoms with van der Waals surface area (Å²) < 4.78 is 7.44. The van der Waals surface area contributed by atoms with Gasteiger partial charge in [-0.25, -0.2) is 9.97 Å². The van der Waals surface area contributed by atoms with Crippen molar-refractivity contribution in [2.75, 3.05) is 13.7 Å². The summed E-state index contributed by atoms with van der Waals surface area (Å²) in [5, 5.41) is -0.153. The third-order valence-electron chi connectivity index (χ3n) is 3.36. The van der Waals surface area contributed by atoms with Crippen molar-refractivity contribution < 1.29 is 4.74 Å². The largest absolute Gasteiger partial charge is 0.383 e. The predicted octanol–water partition coefficient (Wildman–Crippen LogP) is 3.64. The molecular weight excluding hydrogens is 262 g/mol. The van der Waals surface area contributed by atoms with E-state index in [1.54, 1.807) is 7.11 Å². The van der Waals surface area contributed by atoms with E-state index in [2.05, 4.69) is 21.5 Å². The molecule has 0 radical (unpaired) electrons. The molecule has 0 fully saturated rings. The molecule has 0 spiro atoms. The monoisotopic (exact) mass is 281 g/mol. The number of nitrogens with zero attached hydrogens (tertiary/aromatic N) is 3. The van der Waals surface area contributed by atoms with Crippen LogP contribution in [0.3, 0.4) is 0 Å². The maximum absolute atomic E-state index is 6.28. The van der Waals surface area contributed by atoms with Crippen LogP contribution >= 0.6 is 11.6 Å². The number of pyridine rings is 1. The maximum Gasteiger partial charge on any atom is 0.160 e. The quantitative estimate of drug-likeness (QED) is 0.786. The Balaban J connectivity index is 2.67. The fourth-order valence-electron chi connectivity index (χ4n) is 2.34. The highest BCUT2D eigenvalue weighted by atomic mass is 35.5. The number of halogens is 1. The lowest BCUT2D eigenvalue weighted by molar-refractivity contribution is 0.153. The number of ether oxygens (including phenoxy) is 1. The maximum atomic E-state index is 6.28. The molecule has 0 aliphatic heterocycles. The van der Waals surface area contributed by atoms with E-state index in [1.807, 2.05) is 26.1 Å². The molecule has 0 bridgehead atoms. The van der Waals surface area contributed by atoms with Crippen LogP contribution in [-0.2, 0) is 4.74 Å². The normalized spacial score (nSPS) is 14.8. The van der Waals surface area contributed by atoms with Crippen molar-refractivity contribution in [3.8, 4) is 0 Å². The third kappa shape index (κ3) is 2.60. The first-order valence-electron chi connectivity index (χ1n) is 6.56. The Labute approximate surface area is 118 Å². The number of methoxy groups -OCH3 is 1. The van der Waals surface area contributed by atoms with Crippen LogP contribution in [0.15, 0.2) is 12.3 Å². The molecule has 0 saturated carbocycles. The van der Waals surface area contributed by atoms with Crippen molar-refractivity contribution >= 4 is 22.8 Å². The van der Waals surface area contributed by atoms with Gasteiger partial charge >= 0.3 is 0 Å². The van der Waals surface area contributed by atoms with Gasteiger partial charge < -0.3 is 9.30 Å². The lowest BCUT2D eigenvalue weighted by atomic mass is 10.2. The van der Waals surface area contributed by atoms with Gasteiger partial charge in [-0.3, -0.25) is 0 Å². The number of imidazole rings is 1. The molecule has 0 aromatic carbocycles. The molecule has 0 aliphatic rings. The summed E-state index contributed by atoms with van der Waals surface area (Å²) in [6.45, 7) is 6.75. The van der Waals surface area contributed by atoms with Gasteiger partial charge in [-0.1, -0.05) is 6.92 Å². The van der Waals surface area contributed by atoms with E-state index >= 15 is 0 Å². The summed E-state index contributed by atoms with van der Waals surface area (Å²) in [6, 6.07) is 2.18. The average Bonchev–Trinajstić information content (AvgIpc) is 2.77. The fourth-order valence-corrected chi connectivity index (χ4v) is 2.49. The first-order chi connectivity index (χ1) is 9.10. The Hall–Kier alpha value is -1.13. The summed E-state index contributed by atoms with van der Waals surface area (Å²) >= 11 is 6.28. The Morgan fingerprint density at radius 3 is 2.79 bits per heavy atom. The Bertz CT molecular complexity index is 565. The third-order valence-corrected chi connectivity index (χ3v) is 3.55. The average molecular weight is 282 g/mol. The highest BCUT2D eigenvalue weighted by Gasteiger charge is 2.22. The molecule has 4 nitrogen and oxygen atoms in total. The van der Waals surface area contributed by atoms with Gasteiger partial charge in [-0.05, 0) is 31.9 Å². The van der Waals surface area contributed by atoms with Crippen molar-refractivity contribution in [1.82, 2.24) is 14.5 Å². The van der Waals surface area contributed by atoms with E-state index in [9.17, 15) is 0 Å². The Morgan fingerprint density at radius 1 is 1.47 bits per heavy atom. The van der Waals surface area contributed by atoms with Gasteiger partial charge in [0.15, 0.2) is 5.65 Å². The number of hydrogen-bond donors (Lipinski definition) is 0. The number of fused-ring (bicyclic) bond motifs is 1. The molecule has 0 aliphatic carbocycles. The molecular formula is C14H20ClN3O. The van der Waals surface area contributed by atoms with Gasteiger partial charge in [0.1, 0.15) is 11.3 Å². The van der Waals surface area contributed by atoms with E-state index in [0.29, 0.717) is 6.61 Å². The minimum atomic E-state index is -0.153. The van der Waals surface area contributed by atoms with Gasteiger partial charge in [-0.2, -0.15) is 0 Å². The van der Waals surface area contributed by atoms with Crippen LogP contribution in [0.25, 0.3) is 11.2 Å². The van der Waals surface area contributed by atoms with Crippen LogP contribution in [0, 0.1) is 6.92 Å². The summed E-state index contributed by atoms with van der Waals surface area (Å²) in [6.07, 6.45) is 2.77. The van der Waals surface area contributed by atoms with Crippen LogP contribution in [0.5, 0.6) is 0 Å². The zero-order valence-electron chi connectivity index (χ0n) is 11.9. The van der Waals surface area contributed by atoms with Crippen molar-refractivity contribution in [2.24, 2.45) is 0 Å². The van der Waals surface area contributed by atoms with Crippen molar-refractivity contribution in [3.63, 3.8) is 0 Å². The molecule has 0 amide bonds. The minimum Gasteiger partial charge on any atom is -0.383 e. The molecule has 2 aromatic heterocycles. The lowest BCUT2D eigenvalue weighted by Gasteiger charge is -2.19. The second-order valence-electron chi connectivity index (χ2n) is 4.77. The first-order valence-corrected chi connectivity index (χ1v) is 7.00. The molecule has 5 heteroatoms. The standard InChI is InChI=1S/C14H20ClN3O/c1-5-11(8-19-4)18-13(10(3)15)17-12-9(2)6-7-16-14(12)18/h6-7,10-11H,5,8H2,1-4H3. The number of aryl methyl sites for hydroxylation is 1. The second-order valence-corrected chi connectivity index (χ2v) is 5.43. The van der Waals surface area contributed by atoms with Crippen LogP contribution in [0.1, 0.15) is 43.1 Å². The zero-order chi connectivity index (χ0) is 14.0. The van der Waals surface area contributed by atoms with Gasteiger partial charge in [0.05, 0.1) is 18.0 Å². The van der Waals surface area contributed by atoms with E-state index < -0.39 is 0 Å².